The number of nitrogens with one attached hydrogen (secondary N) is 1. The molecule has 0 atom stereocenters. The summed E-state index contributed by atoms with van der Waals surface area (Å²) in [7, 11) is 3.33. The summed E-state index contributed by atoms with van der Waals surface area (Å²) < 4.78 is 6.94. The second kappa shape index (κ2) is 7.83. The zero-order chi connectivity index (χ0) is 22.1. The number of hydrogen-bond donors (Lipinski definition) is 2. The number of carbonyl (C=O) groups excluding carboxylic acids is 1. The van der Waals surface area contributed by atoms with E-state index in [-0.39, 0.29) is 11.1 Å². The molecule has 0 unspecified atom stereocenters. The normalized spacial score (nSPS) is 11.3. The van der Waals surface area contributed by atoms with Gasteiger partial charge >= 0.3 is 5.97 Å². The van der Waals surface area contributed by atoms with Gasteiger partial charge in [-0.25, -0.2) is 10.2 Å². The van der Waals surface area contributed by atoms with Crippen molar-refractivity contribution < 1.29 is 24.5 Å². The lowest BCUT2D eigenvalue weighted by molar-refractivity contribution is -0.268. The van der Waals surface area contributed by atoms with Crippen LogP contribution in [-0.2, 0) is 7.05 Å². The van der Waals surface area contributed by atoms with E-state index in [1.54, 1.807) is 55.1 Å². The van der Waals surface area contributed by atoms with Crippen molar-refractivity contribution in [1.82, 2.24) is 9.99 Å². The molecule has 0 spiro atoms. The molecule has 4 rings (SSSR count). The molecule has 8 heteroatoms. The standard InChI is InChI=1S/C23H19N3O5/c1-26-19-8-7-15(31-2)9-14(19)11-20(26)22(28)25-24-12-18-16-6-4-3-5-13(16)10-17(21(18)27)23(29)30/h3-12,27H,1-2H3,(H,25,28)(H,29,30)/p-1. The molecule has 3 aromatic carbocycles. The maximum Gasteiger partial charge on any atom is 0.335 e. The van der Waals surface area contributed by atoms with Crippen molar-refractivity contribution in [1.29, 1.82) is 0 Å². The van der Waals surface area contributed by atoms with E-state index in [2.05, 4.69) is 10.5 Å². The second-order valence-electron chi connectivity index (χ2n) is 6.91. The molecule has 0 aliphatic heterocycles. The van der Waals surface area contributed by atoms with Gasteiger partial charge in [0.2, 0.25) is 0 Å². The maximum atomic E-state index is 12.7. The SMILES string of the molecule is COc1ccc2c(c1)cc(C(=O)NN=Cc1c([O-])c(C(=O)O)cc3ccccc13)n2C. The first-order valence-corrected chi connectivity index (χ1v) is 9.33. The van der Waals surface area contributed by atoms with Gasteiger partial charge in [-0.3, -0.25) is 4.79 Å². The van der Waals surface area contributed by atoms with Crippen LogP contribution in [0.15, 0.2) is 59.7 Å². The van der Waals surface area contributed by atoms with E-state index in [1.165, 1.54) is 12.3 Å². The van der Waals surface area contributed by atoms with E-state index < -0.39 is 17.6 Å². The number of rotatable bonds is 5. The molecule has 0 saturated carbocycles. The van der Waals surface area contributed by atoms with Crippen molar-refractivity contribution >= 4 is 39.8 Å². The fourth-order valence-electron chi connectivity index (χ4n) is 3.53. The molecule has 0 aliphatic carbocycles. The van der Waals surface area contributed by atoms with Crippen LogP contribution in [0.4, 0.5) is 0 Å². The minimum Gasteiger partial charge on any atom is -0.871 e. The highest BCUT2D eigenvalue weighted by atomic mass is 16.5. The second-order valence-corrected chi connectivity index (χ2v) is 6.91. The van der Waals surface area contributed by atoms with E-state index >= 15 is 0 Å². The van der Waals surface area contributed by atoms with Crippen LogP contribution in [0.2, 0.25) is 0 Å². The summed E-state index contributed by atoms with van der Waals surface area (Å²) in [5.41, 5.74) is 3.36. The fraction of sp³-hybridized carbons (Fsp3) is 0.0870. The van der Waals surface area contributed by atoms with Gasteiger partial charge in [-0.15, -0.1) is 0 Å². The Morgan fingerprint density at radius 2 is 1.90 bits per heavy atom. The number of aryl methyl sites for hydroxylation is 1. The van der Waals surface area contributed by atoms with Crippen LogP contribution in [-0.4, -0.2) is 34.9 Å². The van der Waals surface area contributed by atoms with Gasteiger partial charge in [-0.1, -0.05) is 30.0 Å². The molecule has 156 valence electrons. The third kappa shape index (κ3) is 3.55. The predicted octanol–water partition coefficient (Wildman–Crippen LogP) is 2.88. The van der Waals surface area contributed by atoms with Crippen molar-refractivity contribution in [2.75, 3.05) is 7.11 Å². The van der Waals surface area contributed by atoms with E-state index in [0.29, 0.717) is 22.2 Å². The molecule has 1 aromatic heterocycles. The first-order chi connectivity index (χ1) is 14.9. The molecule has 8 nitrogen and oxygen atoms in total. The van der Waals surface area contributed by atoms with Crippen LogP contribution >= 0.6 is 0 Å². The van der Waals surface area contributed by atoms with Gasteiger partial charge in [0.25, 0.3) is 5.91 Å². The van der Waals surface area contributed by atoms with Crippen LogP contribution < -0.4 is 15.3 Å². The Balaban J connectivity index is 1.66. The Labute approximate surface area is 177 Å². The summed E-state index contributed by atoms with van der Waals surface area (Å²) in [4.78, 5) is 24.1. The molecule has 31 heavy (non-hydrogen) atoms. The molecule has 0 bridgehead atoms. The molecule has 0 saturated heterocycles. The summed E-state index contributed by atoms with van der Waals surface area (Å²) in [6, 6.07) is 15.4. The van der Waals surface area contributed by atoms with E-state index in [9.17, 15) is 19.8 Å². The summed E-state index contributed by atoms with van der Waals surface area (Å²) in [6.45, 7) is 0. The number of amides is 1. The summed E-state index contributed by atoms with van der Waals surface area (Å²) >= 11 is 0. The quantitative estimate of drug-likeness (QED) is 0.383. The van der Waals surface area contributed by atoms with Crippen LogP contribution in [0.5, 0.6) is 11.5 Å². The molecule has 0 radical (unpaired) electrons. The van der Waals surface area contributed by atoms with Gasteiger partial charge in [0.1, 0.15) is 11.4 Å². The van der Waals surface area contributed by atoms with Crippen molar-refractivity contribution in [2.24, 2.45) is 12.1 Å². The first kappa shape index (κ1) is 20.0. The number of methoxy groups -OCH3 is 1. The lowest BCUT2D eigenvalue weighted by Crippen LogP contribution is -2.20. The lowest BCUT2D eigenvalue weighted by atomic mass is 10.00. The van der Waals surface area contributed by atoms with Crippen LogP contribution in [0.25, 0.3) is 21.7 Å². The molecule has 0 aliphatic rings. The van der Waals surface area contributed by atoms with Gasteiger partial charge < -0.3 is 19.5 Å². The minimum atomic E-state index is -1.32. The Morgan fingerprint density at radius 3 is 2.65 bits per heavy atom. The van der Waals surface area contributed by atoms with Gasteiger partial charge in [-0.2, -0.15) is 5.10 Å². The third-order valence-electron chi connectivity index (χ3n) is 5.11. The molecular weight excluding hydrogens is 398 g/mol. The number of hydrogen-bond acceptors (Lipinski definition) is 5. The summed E-state index contributed by atoms with van der Waals surface area (Å²) in [6.07, 6.45) is 1.18. The van der Waals surface area contributed by atoms with Gasteiger partial charge in [0.05, 0.1) is 18.9 Å². The molecule has 0 fully saturated rings. The van der Waals surface area contributed by atoms with Crippen molar-refractivity contribution in [3.05, 3.63) is 71.4 Å². The molecule has 2 N–H and O–H groups in total. The molecule has 1 heterocycles. The van der Waals surface area contributed by atoms with E-state index in [0.717, 1.165) is 10.9 Å². The minimum absolute atomic E-state index is 0.0950. The fourth-order valence-corrected chi connectivity index (χ4v) is 3.53. The largest absolute Gasteiger partial charge is 0.871 e. The predicted molar refractivity (Wildman–Crippen MR) is 115 cm³/mol. The smallest absolute Gasteiger partial charge is 0.335 e. The summed E-state index contributed by atoms with van der Waals surface area (Å²) in [5.74, 6) is -1.78. The Bertz CT molecular complexity index is 1370. The van der Waals surface area contributed by atoms with Crippen LogP contribution in [0.1, 0.15) is 26.4 Å². The molecular formula is C23H18N3O5-. The number of carbonyl (C=O) groups is 2. The lowest BCUT2D eigenvalue weighted by Gasteiger charge is -2.16. The summed E-state index contributed by atoms with van der Waals surface area (Å²) in [5, 5.41) is 27.8. The average molecular weight is 416 g/mol. The number of carboxylic acid groups (broad SMARTS) is 1. The molecule has 4 aromatic rings. The zero-order valence-electron chi connectivity index (χ0n) is 16.7. The monoisotopic (exact) mass is 416 g/mol. The number of aromatic nitrogens is 1. The average Bonchev–Trinajstić information content (AvgIpc) is 3.10. The van der Waals surface area contributed by atoms with E-state index in [1.807, 2.05) is 12.1 Å². The highest BCUT2D eigenvalue weighted by Crippen LogP contribution is 2.28. The number of aromatic carboxylic acids is 1. The van der Waals surface area contributed by atoms with Gasteiger partial charge in [0, 0.05) is 18.0 Å². The van der Waals surface area contributed by atoms with Crippen molar-refractivity contribution in [2.45, 2.75) is 0 Å². The van der Waals surface area contributed by atoms with Gasteiger partial charge in [-0.05, 0) is 46.7 Å². The number of carboxylic acids is 1. The molecule has 1 amide bonds. The maximum absolute atomic E-state index is 12.7. The number of ether oxygens (including phenoxy) is 1. The van der Waals surface area contributed by atoms with Gasteiger partial charge in [0.15, 0.2) is 0 Å². The Hall–Kier alpha value is -4.33. The Kier molecular flexibility index (Phi) is 5.04. The van der Waals surface area contributed by atoms with Crippen LogP contribution in [0.3, 0.4) is 0 Å². The zero-order valence-corrected chi connectivity index (χ0v) is 16.7. The Morgan fingerprint density at radius 1 is 1.13 bits per heavy atom. The topological polar surface area (TPSA) is 116 Å². The highest BCUT2D eigenvalue weighted by molar-refractivity contribution is 6.08. The van der Waals surface area contributed by atoms with E-state index in [4.69, 9.17) is 4.74 Å². The van der Waals surface area contributed by atoms with Crippen LogP contribution in [0, 0.1) is 0 Å². The van der Waals surface area contributed by atoms with Crippen molar-refractivity contribution in [3.8, 4) is 11.5 Å². The number of fused-ring (bicyclic) bond motifs is 2. The number of benzene rings is 3. The highest BCUT2D eigenvalue weighted by Gasteiger charge is 2.14. The first-order valence-electron chi connectivity index (χ1n) is 9.33. The number of hydrazone groups is 1. The number of nitrogens with zero attached hydrogens (tertiary/aromatic N) is 2. The van der Waals surface area contributed by atoms with Crippen molar-refractivity contribution in [3.63, 3.8) is 0 Å². The third-order valence-corrected chi connectivity index (χ3v) is 5.11.